The molecule has 1 amide bonds. The summed E-state index contributed by atoms with van der Waals surface area (Å²) >= 11 is 1.50. The molecule has 0 unspecified atom stereocenters. The summed E-state index contributed by atoms with van der Waals surface area (Å²) in [6, 6.07) is 7.18. The number of ether oxygens (including phenoxy) is 1. The van der Waals surface area contributed by atoms with Gasteiger partial charge in [0.1, 0.15) is 6.61 Å². The van der Waals surface area contributed by atoms with E-state index in [0.29, 0.717) is 29.6 Å². The molecule has 36 heavy (non-hydrogen) atoms. The lowest BCUT2D eigenvalue weighted by Gasteiger charge is -2.36. The smallest absolute Gasteiger partial charge is 0.229 e. The summed E-state index contributed by atoms with van der Waals surface area (Å²) in [6.45, 7) is 0.303. The number of fused-ring (bicyclic) bond motifs is 1. The van der Waals surface area contributed by atoms with Gasteiger partial charge in [-0.1, -0.05) is 30.2 Å². The maximum atomic E-state index is 12.7. The monoisotopic (exact) mass is 507 g/mol. The fourth-order valence-electron chi connectivity index (χ4n) is 5.62. The highest BCUT2D eigenvalue weighted by atomic mass is 32.1. The Balaban J connectivity index is 1.04. The summed E-state index contributed by atoms with van der Waals surface area (Å²) in [5, 5.41) is 17.3. The zero-order valence-electron chi connectivity index (χ0n) is 20.4. The van der Waals surface area contributed by atoms with Gasteiger partial charge in [-0.15, -0.1) is 0 Å². The number of carbonyl (C=O) groups is 1. The van der Waals surface area contributed by atoms with E-state index >= 15 is 0 Å². The minimum absolute atomic E-state index is 0.0723. The van der Waals surface area contributed by atoms with Crippen molar-refractivity contribution in [2.75, 3.05) is 5.32 Å². The molecule has 3 fully saturated rings. The Kier molecular flexibility index (Phi) is 6.97. The minimum Gasteiger partial charge on any atom is -0.390 e. The molecule has 0 aliphatic heterocycles. The van der Waals surface area contributed by atoms with Gasteiger partial charge in [-0.2, -0.15) is 0 Å². The molecule has 190 valence electrons. The second kappa shape index (κ2) is 10.5. The van der Waals surface area contributed by atoms with Crippen LogP contribution in [0.4, 0.5) is 5.13 Å². The number of anilines is 1. The van der Waals surface area contributed by atoms with Crippen molar-refractivity contribution in [1.82, 2.24) is 20.3 Å². The first-order valence-electron chi connectivity index (χ1n) is 13.2. The molecule has 1 aromatic carbocycles. The molecule has 8 nitrogen and oxygen atoms in total. The van der Waals surface area contributed by atoms with Gasteiger partial charge in [-0.05, 0) is 62.6 Å². The number of nitrogens with zero attached hydrogens (tertiary/aromatic N) is 3. The van der Waals surface area contributed by atoms with Gasteiger partial charge in [0.25, 0.3) is 0 Å². The summed E-state index contributed by atoms with van der Waals surface area (Å²) in [5.74, 6) is 0.761. The first-order chi connectivity index (χ1) is 17.6. The largest absolute Gasteiger partial charge is 0.390 e. The van der Waals surface area contributed by atoms with E-state index in [0.717, 1.165) is 53.4 Å². The van der Waals surface area contributed by atoms with Crippen molar-refractivity contribution in [3.05, 3.63) is 36.4 Å². The van der Waals surface area contributed by atoms with Gasteiger partial charge in [0.15, 0.2) is 11.0 Å². The molecule has 2 heterocycles. The maximum Gasteiger partial charge on any atom is 0.229 e. The van der Waals surface area contributed by atoms with Crippen molar-refractivity contribution < 1.29 is 14.6 Å². The van der Waals surface area contributed by atoms with Gasteiger partial charge in [-0.3, -0.25) is 4.79 Å². The number of nitrogens with one attached hydrogen (secondary N) is 2. The summed E-state index contributed by atoms with van der Waals surface area (Å²) in [5.41, 5.74) is 2.79. The Hall–Kier alpha value is -2.46. The number of rotatable bonds is 8. The molecule has 0 bridgehead atoms. The van der Waals surface area contributed by atoms with E-state index in [1.165, 1.54) is 37.0 Å². The molecular weight excluding hydrogens is 474 g/mol. The lowest BCUT2D eigenvalue weighted by molar-refractivity contribution is -0.123. The highest BCUT2D eigenvalue weighted by Crippen LogP contribution is 2.34. The molecule has 0 spiro atoms. The van der Waals surface area contributed by atoms with E-state index in [1.54, 1.807) is 12.4 Å². The Morgan fingerprint density at radius 2 is 1.83 bits per heavy atom. The molecule has 2 atom stereocenters. The van der Waals surface area contributed by atoms with Crippen molar-refractivity contribution in [2.24, 2.45) is 5.92 Å². The highest BCUT2D eigenvalue weighted by Gasteiger charge is 2.36. The van der Waals surface area contributed by atoms with Gasteiger partial charge in [0.2, 0.25) is 5.91 Å². The van der Waals surface area contributed by atoms with Crippen LogP contribution in [0, 0.1) is 5.92 Å². The molecule has 3 saturated carbocycles. The molecule has 0 radical (unpaired) electrons. The van der Waals surface area contributed by atoms with Crippen LogP contribution in [0.25, 0.3) is 21.3 Å². The predicted octanol–water partition coefficient (Wildman–Crippen LogP) is 4.43. The average Bonchev–Trinajstić information content (AvgIpc) is 3.60. The van der Waals surface area contributed by atoms with Crippen LogP contribution in [0.3, 0.4) is 0 Å². The summed E-state index contributed by atoms with van der Waals surface area (Å²) in [7, 11) is 0. The Bertz CT molecular complexity index is 1200. The second-order valence-electron chi connectivity index (χ2n) is 10.4. The number of benzene rings is 1. The summed E-state index contributed by atoms with van der Waals surface area (Å²) in [4.78, 5) is 26.2. The predicted molar refractivity (Wildman–Crippen MR) is 140 cm³/mol. The highest BCUT2D eigenvalue weighted by molar-refractivity contribution is 7.22. The van der Waals surface area contributed by atoms with Gasteiger partial charge < -0.3 is 20.5 Å². The normalized spacial score (nSPS) is 26.4. The van der Waals surface area contributed by atoms with Crippen LogP contribution in [0.5, 0.6) is 0 Å². The zero-order chi connectivity index (χ0) is 24.5. The van der Waals surface area contributed by atoms with Crippen molar-refractivity contribution in [2.45, 2.75) is 88.7 Å². The molecule has 6 rings (SSSR count). The van der Waals surface area contributed by atoms with Crippen LogP contribution in [-0.2, 0) is 16.1 Å². The molecule has 3 aliphatic carbocycles. The lowest BCUT2D eigenvalue weighted by Crippen LogP contribution is -2.48. The average molecular weight is 508 g/mol. The number of aliphatic hydroxyl groups excluding tert-OH is 1. The van der Waals surface area contributed by atoms with Gasteiger partial charge in [0.05, 0.1) is 22.4 Å². The molecular formula is C27H33N5O3S. The van der Waals surface area contributed by atoms with Crippen LogP contribution in [0.2, 0.25) is 0 Å². The third-order valence-electron chi connectivity index (χ3n) is 7.84. The van der Waals surface area contributed by atoms with Crippen molar-refractivity contribution in [3.8, 4) is 11.1 Å². The van der Waals surface area contributed by atoms with Crippen LogP contribution >= 0.6 is 11.3 Å². The number of hydrogen-bond donors (Lipinski definition) is 3. The first-order valence-corrected chi connectivity index (χ1v) is 14.0. The van der Waals surface area contributed by atoms with E-state index in [2.05, 4.69) is 31.7 Å². The molecule has 0 saturated heterocycles. The lowest BCUT2D eigenvalue weighted by atomic mass is 9.79. The first kappa shape index (κ1) is 23.9. The fraction of sp³-hybridized carbons (Fsp3) is 0.556. The number of hydrogen-bond acceptors (Lipinski definition) is 8. The molecule has 9 heteroatoms. The van der Waals surface area contributed by atoms with E-state index in [-0.39, 0.29) is 24.0 Å². The summed E-state index contributed by atoms with van der Waals surface area (Å²) in [6.07, 6.45) is 12.8. The van der Waals surface area contributed by atoms with E-state index in [4.69, 9.17) is 4.74 Å². The zero-order valence-corrected chi connectivity index (χ0v) is 21.2. The molecule has 3 aliphatic rings. The van der Waals surface area contributed by atoms with Gasteiger partial charge >= 0.3 is 0 Å². The summed E-state index contributed by atoms with van der Waals surface area (Å²) < 4.78 is 6.80. The van der Waals surface area contributed by atoms with Crippen molar-refractivity contribution in [1.29, 1.82) is 0 Å². The third kappa shape index (κ3) is 5.29. The van der Waals surface area contributed by atoms with Crippen LogP contribution < -0.4 is 10.6 Å². The standard InChI is InChI=1S/C27H33N5O3S/c33-22-6-3-7-23(22)35-15-25-28-13-18(14-29-25)16-8-9-21-24(12-16)36-27(31-21)32-26(34)17-10-20(11-17)30-19-4-1-2-5-19/h8-9,12-14,17,19-20,22-23,30,33H,1-7,10-11,15H2,(H,31,32,34)/t17?,20?,22-,23-/m0/s1. The Labute approximate surface area is 214 Å². The van der Waals surface area contributed by atoms with E-state index < -0.39 is 0 Å². The third-order valence-corrected chi connectivity index (χ3v) is 8.77. The molecule has 2 aromatic heterocycles. The Morgan fingerprint density at radius 3 is 2.58 bits per heavy atom. The number of aromatic nitrogens is 3. The SMILES string of the molecule is O=C(Nc1nc2ccc(-c3cnc(CO[C@H]4CCC[C@@H]4O)nc3)cc2s1)C1CC(NC2CCCC2)C1. The van der Waals surface area contributed by atoms with Crippen molar-refractivity contribution in [3.63, 3.8) is 0 Å². The topological polar surface area (TPSA) is 109 Å². The van der Waals surface area contributed by atoms with Crippen LogP contribution in [0.1, 0.15) is 63.6 Å². The minimum atomic E-state index is -0.380. The van der Waals surface area contributed by atoms with Gasteiger partial charge in [0, 0.05) is 36.0 Å². The second-order valence-corrected chi connectivity index (χ2v) is 11.5. The number of aliphatic hydroxyl groups is 1. The quantitative estimate of drug-likeness (QED) is 0.414. The van der Waals surface area contributed by atoms with E-state index in [9.17, 15) is 9.90 Å². The van der Waals surface area contributed by atoms with Gasteiger partial charge in [-0.25, -0.2) is 15.0 Å². The molecule has 3 N–H and O–H groups in total. The number of carbonyl (C=O) groups excluding carboxylic acids is 1. The Morgan fingerprint density at radius 1 is 1.03 bits per heavy atom. The number of thiazole rings is 1. The number of amides is 1. The maximum absolute atomic E-state index is 12.7. The van der Waals surface area contributed by atoms with Crippen molar-refractivity contribution >= 4 is 32.6 Å². The van der Waals surface area contributed by atoms with Crippen LogP contribution in [0.15, 0.2) is 30.6 Å². The molecule has 3 aromatic rings. The fourth-order valence-corrected chi connectivity index (χ4v) is 6.53. The van der Waals surface area contributed by atoms with E-state index in [1.807, 2.05) is 12.1 Å². The van der Waals surface area contributed by atoms with Crippen LogP contribution in [-0.4, -0.2) is 50.3 Å².